The largest absolute Gasteiger partial charge is 0.281 e. The summed E-state index contributed by atoms with van der Waals surface area (Å²) in [5.41, 5.74) is -0.548. The molecule has 0 fully saturated rings. The molecule has 0 aliphatic rings. The summed E-state index contributed by atoms with van der Waals surface area (Å²) >= 11 is 10.5. The molecule has 70 valence electrons. The molecule has 0 spiro atoms. The average Bonchev–Trinajstić information content (AvgIpc) is 1.85. The number of hydrogen-bond acceptors (Lipinski definition) is 2. The van der Waals surface area contributed by atoms with Crippen molar-refractivity contribution >= 4 is 33.7 Å². The van der Waals surface area contributed by atoms with E-state index in [4.69, 9.17) is 23.2 Å². The molecule has 0 aromatic heterocycles. The predicted molar refractivity (Wildman–Crippen MR) is 49.4 cm³/mol. The normalized spacial score (nSPS) is 11.3. The van der Waals surface area contributed by atoms with Gasteiger partial charge in [-0.1, -0.05) is 13.8 Å². The second-order valence-corrected chi connectivity index (χ2v) is 4.13. The third-order valence-electron chi connectivity index (χ3n) is 1.71. The summed E-state index contributed by atoms with van der Waals surface area (Å²) in [5, 5.41) is -0.739. The minimum absolute atomic E-state index is 0.301. The van der Waals surface area contributed by atoms with Crippen LogP contribution in [0.4, 0.5) is 0 Å². The summed E-state index contributed by atoms with van der Waals surface area (Å²) in [7, 11) is 0. The number of carbonyl (C=O) groups excluding carboxylic acids is 2. The van der Waals surface area contributed by atoms with Crippen molar-refractivity contribution in [3.63, 3.8) is 0 Å². The Morgan fingerprint density at radius 2 is 1.75 bits per heavy atom. The third-order valence-corrected chi connectivity index (χ3v) is 2.41. The van der Waals surface area contributed by atoms with Crippen LogP contribution >= 0.6 is 23.2 Å². The first-order valence-corrected chi connectivity index (χ1v) is 4.50. The number of hydrogen-bond donors (Lipinski definition) is 0. The Bertz CT molecular complexity index is 187. The first-order chi connectivity index (χ1) is 5.36. The van der Waals surface area contributed by atoms with Crippen molar-refractivity contribution in [2.75, 3.05) is 0 Å². The minimum atomic E-state index is -0.548. The lowest BCUT2D eigenvalue weighted by Gasteiger charge is -2.18. The summed E-state index contributed by atoms with van der Waals surface area (Å²) in [6.07, 6.45) is 1.50. The smallest absolute Gasteiger partial charge is 0.227 e. The van der Waals surface area contributed by atoms with Crippen LogP contribution in [-0.4, -0.2) is 10.5 Å². The second-order valence-electron chi connectivity index (χ2n) is 3.37. The molecule has 0 saturated heterocycles. The summed E-state index contributed by atoms with van der Waals surface area (Å²) in [5.74, 6) is 0. The number of rotatable bonds is 5. The molecule has 0 unspecified atom stereocenters. The number of carbonyl (C=O) groups is 2. The van der Waals surface area contributed by atoms with Gasteiger partial charge in [0.2, 0.25) is 10.5 Å². The van der Waals surface area contributed by atoms with Gasteiger partial charge in [-0.3, -0.25) is 9.59 Å². The average molecular weight is 211 g/mol. The minimum Gasteiger partial charge on any atom is -0.281 e. The monoisotopic (exact) mass is 210 g/mol. The Balaban J connectivity index is 3.76. The second kappa shape index (κ2) is 4.83. The quantitative estimate of drug-likeness (QED) is 0.655. The summed E-state index contributed by atoms with van der Waals surface area (Å²) < 4.78 is 0. The molecule has 0 bridgehead atoms. The van der Waals surface area contributed by atoms with Crippen LogP contribution < -0.4 is 0 Å². The molecular formula is C8H12Cl2O2. The van der Waals surface area contributed by atoms with Crippen molar-refractivity contribution in [3.05, 3.63) is 0 Å². The van der Waals surface area contributed by atoms with Gasteiger partial charge in [0.15, 0.2) is 0 Å². The zero-order valence-corrected chi connectivity index (χ0v) is 8.71. The maximum absolute atomic E-state index is 10.8. The zero-order chi connectivity index (χ0) is 9.78. The van der Waals surface area contributed by atoms with Gasteiger partial charge in [-0.25, -0.2) is 0 Å². The Labute approximate surface area is 82.2 Å². The highest BCUT2D eigenvalue weighted by molar-refractivity contribution is 6.64. The molecule has 4 heteroatoms. The van der Waals surface area contributed by atoms with Crippen LogP contribution in [-0.2, 0) is 9.59 Å². The highest BCUT2D eigenvalue weighted by atomic mass is 35.5. The van der Waals surface area contributed by atoms with Crippen LogP contribution in [0.25, 0.3) is 0 Å². The third kappa shape index (κ3) is 4.73. The van der Waals surface area contributed by atoms with Crippen molar-refractivity contribution in [3.8, 4) is 0 Å². The van der Waals surface area contributed by atoms with Crippen LogP contribution in [0.15, 0.2) is 0 Å². The van der Waals surface area contributed by atoms with Crippen molar-refractivity contribution in [1.29, 1.82) is 0 Å². The van der Waals surface area contributed by atoms with Gasteiger partial charge in [-0.05, 0) is 36.0 Å². The van der Waals surface area contributed by atoms with Gasteiger partial charge in [0.25, 0.3) is 0 Å². The van der Waals surface area contributed by atoms with Crippen molar-refractivity contribution in [2.24, 2.45) is 5.41 Å². The van der Waals surface area contributed by atoms with E-state index >= 15 is 0 Å². The fraction of sp³-hybridized carbons (Fsp3) is 0.750. The number of halogens is 2. The Hall–Kier alpha value is -0.0800. The van der Waals surface area contributed by atoms with Crippen LogP contribution in [0.5, 0.6) is 0 Å². The first-order valence-electron chi connectivity index (χ1n) is 3.74. The molecule has 0 atom stereocenters. The van der Waals surface area contributed by atoms with Crippen molar-refractivity contribution < 1.29 is 9.59 Å². The van der Waals surface area contributed by atoms with Gasteiger partial charge in [-0.2, -0.15) is 0 Å². The lowest BCUT2D eigenvalue weighted by atomic mass is 9.89. The molecule has 0 saturated carbocycles. The van der Waals surface area contributed by atoms with Gasteiger partial charge < -0.3 is 0 Å². The van der Waals surface area contributed by atoms with Gasteiger partial charge >= 0.3 is 0 Å². The Morgan fingerprint density at radius 1 is 1.25 bits per heavy atom. The van der Waals surface area contributed by atoms with Gasteiger partial charge in [-0.15, -0.1) is 0 Å². The van der Waals surface area contributed by atoms with Crippen LogP contribution in [0, 0.1) is 5.41 Å². The molecule has 0 N–H and O–H groups in total. The van der Waals surface area contributed by atoms with Gasteiger partial charge in [0, 0.05) is 11.8 Å². The topological polar surface area (TPSA) is 34.1 Å². The van der Waals surface area contributed by atoms with Gasteiger partial charge in [0.1, 0.15) is 0 Å². The van der Waals surface area contributed by atoms with Crippen molar-refractivity contribution in [1.82, 2.24) is 0 Å². The summed E-state index contributed by atoms with van der Waals surface area (Å²) in [6.45, 7) is 3.50. The first kappa shape index (κ1) is 11.9. The lowest BCUT2D eigenvalue weighted by molar-refractivity contribution is -0.119. The van der Waals surface area contributed by atoms with Crippen LogP contribution in [0.2, 0.25) is 0 Å². The predicted octanol–water partition coefficient (Wildman–Crippen LogP) is 2.71. The standard InChI is InChI=1S/C8H12Cl2O2/c1-8(2,7(10)12)5-3-4-6(9)11/h3-5H2,1-2H3. The lowest BCUT2D eigenvalue weighted by Crippen LogP contribution is -2.19. The van der Waals surface area contributed by atoms with E-state index in [-0.39, 0.29) is 10.5 Å². The van der Waals surface area contributed by atoms with E-state index in [2.05, 4.69) is 0 Å². The fourth-order valence-corrected chi connectivity index (χ4v) is 0.996. The molecule has 0 amide bonds. The van der Waals surface area contributed by atoms with E-state index in [1.807, 2.05) is 0 Å². The molecule has 0 rings (SSSR count). The van der Waals surface area contributed by atoms with Gasteiger partial charge in [0.05, 0.1) is 0 Å². The van der Waals surface area contributed by atoms with E-state index in [1.54, 1.807) is 13.8 Å². The van der Waals surface area contributed by atoms with E-state index < -0.39 is 5.41 Å². The molecule has 0 heterocycles. The molecule has 0 aliphatic carbocycles. The van der Waals surface area contributed by atoms with Crippen molar-refractivity contribution in [2.45, 2.75) is 33.1 Å². The molecule has 12 heavy (non-hydrogen) atoms. The zero-order valence-electron chi connectivity index (χ0n) is 7.19. The molecule has 0 radical (unpaired) electrons. The van der Waals surface area contributed by atoms with E-state index in [9.17, 15) is 9.59 Å². The van der Waals surface area contributed by atoms with Crippen LogP contribution in [0.3, 0.4) is 0 Å². The van der Waals surface area contributed by atoms with E-state index in [1.165, 1.54) is 0 Å². The van der Waals surface area contributed by atoms with E-state index in [0.717, 1.165) is 0 Å². The molecular weight excluding hydrogens is 199 g/mol. The molecule has 0 aromatic rings. The fourth-order valence-electron chi connectivity index (χ4n) is 0.768. The highest BCUT2D eigenvalue weighted by Gasteiger charge is 2.25. The Morgan fingerprint density at radius 3 is 2.08 bits per heavy atom. The summed E-state index contributed by atoms with van der Waals surface area (Å²) in [6, 6.07) is 0. The highest BCUT2D eigenvalue weighted by Crippen LogP contribution is 2.26. The Kier molecular flexibility index (Phi) is 4.80. The van der Waals surface area contributed by atoms with Crippen LogP contribution in [0.1, 0.15) is 33.1 Å². The summed E-state index contributed by atoms with van der Waals surface area (Å²) in [4.78, 5) is 21.1. The van der Waals surface area contributed by atoms with E-state index in [0.29, 0.717) is 19.3 Å². The SMILES string of the molecule is CC(C)(CCCC(=O)Cl)C(=O)Cl. The molecule has 0 aliphatic heterocycles. The molecule has 0 aromatic carbocycles. The maximum atomic E-state index is 10.8. The maximum Gasteiger partial charge on any atom is 0.227 e. The molecule has 2 nitrogen and oxygen atoms in total.